The maximum atomic E-state index is 13.4. The number of aromatic amines is 2. The third kappa shape index (κ3) is 17.5. The molecule has 0 saturated carbocycles. The number of hydrogen-bond acceptors (Lipinski definition) is 12. The van der Waals surface area contributed by atoms with Crippen LogP contribution in [0.3, 0.4) is 0 Å². The Balaban J connectivity index is 0.000000177. The molecule has 5 aliphatic rings. The lowest BCUT2D eigenvalue weighted by atomic mass is 9.69. The molecule has 12 aromatic rings. The topological polar surface area (TPSA) is 270 Å². The summed E-state index contributed by atoms with van der Waals surface area (Å²) in [5.41, 5.74) is 26.6. The SMILES string of the molecule is CC#N.CC(C)(C)OC(=O)CC[C@@H](C(N)=O)N1Cc2cc(-c3ccc4[nH]c(CCCOc5ccc([C@@H]6c7ccc(O)cc7CC[C@@H]6c6ccccc6)cc5)cc4c3)ccc2C1=O.O=C1CC[C@H](N2Cc3cc(-c4ccc5[nH]c(CCCOc6ccc([C@@H]7c8ccc(O)cc8CC[C@@H]7c7ccccc7)cc6)cc5c4)ccc3C2=O)C(=O)N1. The Hall–Kier alpha value is -13.0. The molecule has 18 heteroatoms. The van der Waals surface area contributed by atoms with E-state index in [1.807, 2.05) is 54.6 Å². The quantitative estimate of drug-likeness (QED) is 0.0210. The Kier molecular flexibility index (Phi) is 23.2. The second-order valence-corrected chi connectivity index (χ2v) is 31.9. The largest absolute Gasteiger partial charge is 0.508 e. The zero-order chi connectivity index (χ0) is 80.7. The number of fused-ring (bicyclic) bond motifs is 6. The standard InChI is InChI=1S/C50H51N3O6.C46H41N3O5.C2H3N/c1-50(2,3)59-46(55)24-23-45(48(51)56)53-30-37-27-33(13-20-43(37)49(53)57)34-15-22-44-36(26-34)28-38(52-44)10-7-25-58-40-17-11-32(12-18-40)47-41(31-8-5-4-6-9-31)19-14-35-29-39(54)16-21-42(35)47;50-36-13-18-39-32(26-36)11-16-38(28-5-2-1-3-6-28)44(39)29-8-14-37(15-9-29)54-22-4-7-35-25-33-23-31(12-19-41(33)47-35)30-10-17-40-34(24-30)27-49(46(40)53)42-20-21-43(51)48-45(42)52;1-2-3/h4-6,8-9,11-13,15-18,20-22,26-29,41,45,47,52,54H,7,10,14,19,23-25,30H2,1-3H3,(H2,51,56);1-3,5-6,8-10,12-15,17-19,23-26,38,42,44,47,50H,4,7,11,16,20-22,27H2,(H,48,51,52);1H3/t41-,45+,47+;38-,42+,44+;/m11./s1. The highest BCUT2D eigenvalue weighted by atomic mass is 16.6. The lowest BCUT2D eigenvalue weighted by Crippen LogP contribution is -2.52. The summed E-state index contributed by atoms with van der Waals surface area (Å²) in [7, 11) is 0. The third-order valence-corrected chi connectivity index (χ3v) is 23.1. The molecule has 588 valence electrons. The number of imide groups is 1. The molecule has 0 unspecified atom stereocenters. The number of carbonyl (C=O) groups is 6. The van der Waals surface area contributed by atoms with E-state index in [0.29, 0.717) is 60.6 Å². The number of phenolic OH excluding ortho intramolecular Hbond substituents is 2. The van der Waals surface area contributed by atoms with Crippen molar-refractivity contribution >= 4 is 57.3 Å². The van der Waals surface area contributed by atoms with Gasteiger partial charge in [-0.05, 0) is 284 Å². The summed E-state index contributed by atoms with van der Waals surface area (Å²) in [6, 6.07) is 79.0. The molecule has 0 radical (unpaired) electrons. The molecular formula is C98H95N7O11. The van der Waals surface area contributed by atoms with Crippen LogP contribution >= 0.6 is 0 Å². The number of nitrogens with one attached hydrogen (secondary N) is 3. The Bertz CT molecular complexity index is 5700. The average Bonchev–Trinajstić information content (AvgIpc) is 1.49. The van der Waals surface area contributed by atoms with Gasteiger partial charge in [-0.15, -0.1) is 0 Å². The number of carbonyl (C=O) groups excluding carboxylic acids is 6. The van der Waals surface area contributed by atoms with Gasteiger partial charge in [0.25, 0.3) is 11.8 Å². The molecule has 2 aliphatic carbocycles. The van der Waals surface area contributed by atoms with E-state index in [1.54, 1.807) is 37.8 Å². The van der Waals surface area contributed by atoms with Crippen LogP contribution in [0.25, 0.3) is 44.1 Å². The molecule has 17 rings (SSSR count). The van der Waals surface area contributed by atoms with Crippen LogP contribution in [0, 0.1) is 11.3 Å². The van der Waals surface area contributed by atoms with Crippen molar-refractivity contribution in [1.82, 2.24) is 25.1 Å². The summed E-state index contributed by atoms with van der Waals surface area (Å²) in [5, 5.41) is 32.3. The average molecular weight is 1550 g/mol. The van der Waals surface area contributed by atoms with Gasteiger partial charge in [-0.3, -0.25) is 34.1 Å². The molecule has 1 fully saturated rings. The first-order valence-corrected chi connectivity index (χ1v) is 40.2. The number of H-pyrrole nitrogens is 2. The van der Waals surface area contributed by atoms with Gasteiger partial charge >= 0.3 is 5.97 Å². The number of primary amides is 1. The molecule has 1 saturated heterocycles. The van der Waals surface area contributed by atoms with Gasteiger partial charge in [-0.1, -0.05) is 121 Å². The highest BCUT2D eigenvalue weighted by molar-refractivity contribution is 6.06. The summed E-state index contributed by atoms with van der Waals surface area (Å²) < 4.78 is 17.8. The van der Waals surface area contributed by atoms with Gasteiger partial charge < -0.3 is 49.9 Å². The predicted molar refractivity (Wildman–Crippen MR) is 448 cm³/mol. The van der Waals surface area contributed by atoms with Crippen molar-refractivity contribution in [1.29, 1.82) is 5.26 Å². The third-order valence-electron chi connectivity index (χ3n) is 23.1. The van der Waals surface area contributed by atoms with Crippen LogP contribution in [0.2, 0.25) is 0 Å². The van der Waals surface area contributed by atoms with Gasteiger partial charge in [0.2, 0.25) is 17.7 Å². The van der Waals surface area contributed by atoms with E-state index < -0.39 is 35.5 Å². The minimum Gasteiger partial charge on any atom is -0.508 e. The molecular weight excluding hydrogens is 1450 g/mol. The smallest absolute Gasteiger partial charge is 0.306 e. The fourth-order valence-corrected chi connectivity index (χ4v) is 17.6. The van der Waals surface area contributed by atoms with Crippen molar-refractivity contribution in [3.8, 4) is 51.3 Å². The maximum Gasteiger partial charge on any atom is 0.306 e. The van der Waals surface area contributed by atoms with Gasteiger partial charge in [0.05, 0.1) is 19.3 Å². The first kappa shape index (κ1) is 78.3. The fraction of sp³-hybridized carbons (Fsp3) is 0.276. The summed E-state index contributed by atoms with van der Waals surface area (Å²) in [6.07, 6.45) is 8.00. The number of phenols is 2. The Morgan fingerprint density at radius 2 is 1.00 bits per heavy atom. The zero-order valence-electron chi connectivity index (χ0n) is 65.7. The van der Waals surface area contributed by atoms with Gasteiger partial charge in [0, 0.05) is 89.0 Å². The number of hydrogen-bond donors (Lipinski definition) is 6. The van der Waals surface area contributed by atoms with Crippen molar-refractivity contribution in [3.63, 3.8) is 0 Å². The fourth-order valence-electron chi connectivity index (χ4n) is 17.6. The summed E-state index contributed by atoms with van der Waals surface area (Å²) >= 11 is 0. The normalized spacial score (nSPS) is 17.6. The van der Waals surface area contributed by atoms with E-state index in [9.17, 15) is 39.0 Å². The van der Waals surface area contributed by atoms with Crippen LogP contribution in [0.5, 0.6) is 23.0 Å². The molecule has 5 heterocycles. The van der Waals surface area contributed by atoms with E-state index >= 15 is 0 Å². The lowest BCUT2D eigenvalue weighted by Gasteiger charge is -2.34. The van der Waals surface area contributed by atoms with Crippen LogP contribution in [0.4, 0.5) is 0 Å². The molecule has 18 nitrogen and oxygen atoms in total. The number of piperidine rings is 1. The summed E-state index contributed by atoms with van der Waals surface area (Å²) in [5.74, 6) is 1.25. The number of benzene rings is 10. The molecule has 0 bridgehead atoms. The minimum atomic E-state index is -0.915. The number of rotatable bonds is 22. The number of nitrogens with zero attached hydrogens (tertiary/aromatic N) is 3. The van der Waals surface area contributed by atoms with E-state index in [4.69, 9.17) is 25.2 Å². The van der Waals surface area contributed by atoms with Crippen molar-refractivity contribution in [3.05, 3.63) is 309 Å². The zero-order valence-corrected chi connectivity index (χ0v) is 65.7. The predicted octanol–water partition coefficient (Wildman–Crippen LogP) is 18.1. The number of esters is 1. The molecule has 2 aromatic heterocycles. The van der Waals surface area contributed by atoms with Gasteiger partial charge in [-0.25, -0.2) is 0 Å². The van der Waals surface area contributed by atoms with E-state index in [2.05, 4.69) is 185 Å². The number of amides is 5. The van der Waals surface area contributed by atoms with Crippen molar-refractivity contribution in [2.75, 3.05) is 13.2 Å². The Labute approximate surface area is 675 Å². The second kappa shape index (κ2) is 34.4. The molecule has 0 spiro atoms. The maximum absolute atomic E-state index is 13.4. The van der Waals surface area contributed by atoms with Crippen molar-refractivity contribution in [2.45, 2.75) is 159 Å². The molecule has 116 heavy (non-hydrogen) atoms. The van der Waals surface area contributed by atoms with Crippen LogP contribution in [0.15, 0.2) is 231 Å². The first-order chi connectivity index (χ1) is 56.2. The molecule has 10 aromatic carbocycles. The number of aromatic hydroxyl groups is 2. The van der Waals surface area contributed by atoms with Gasteiger partial charge in [0.1, 0.15) is 40.7 Å². The molecule has 6 atom stereocenters. The van der Waals surface area contributed by atoms with Crippen LogP contribution in [-0.4, -0.2) is 96.4 Å². The Morgan fingerprint density at radius 1 is 0.534 bits per heavy atom. The van der Waals surface area contributed by atoms with Crippen molar-refractivity contribution in [2.24, 2.45) is 5.73 Å². The molecule has 5 amide bonds. The number of nitrogens with two attached hydrogens (primary N) is 1. The highest BCUT2D eigenvalue weighted by Gasteiger charge is 2.41. The van der Waals surface area contributed by atoms with E-state index in [1.165, 1.54) is 56.3 Å². The number of aromatic nitrogens is 2. The van der Waals surface area contributed by atoms with Crippen LogP contribution < -0.4 is 20.5 Å². The summed E-state index contributed by atoms with van der Waals surface area (Å²) in [4.78, 5) is 85.6. The van der Waals surface area contributed by atoms with Crippen LogP contribution in [-0.2, 0) is 62.7 Å². The van der Waals surface area contributed by atoms with E-state index in [0.717, 1.165) is 129 Å². The number of nitriles is 1. The molecule has 3 aliphatic heterocycles. The number of ether oxygens (including phenoxy) is 3. The molecule has 7 N–H and O–H groups in total. The minimum absolute atomic E-state index is 0.0171. The van der Waals surface area contributed by atoms with Gasteiger partial charge in [0.15, 0.2) is 0 Å². The Morgan fingerprint density at radius 3 is 1.47 bits per heavy atom. The monoisotopic (exact) mass is 1550 g/mol. The van der Waals surface area contributed by atoms with Crippen LogP contribution in [0.1, 0.15) is 190 Å². The number of aryl methyl sites for hydroxylation is 4. The highest BCUT2D eigenvalue weighted by Crippen LogP contribution is 2.49. The summed E-state index contributed by atoms with van der Waals surface area (Å²) in [6.45, 7) is 8.56. The second-order valence-electron chi connectivity index (χ2n) is 31.9. The van der Waals surface area contributed by atoms with E-state index in [-0.39, 0.29) is 55.4 Å². The first-order valence-electron chi connectivity index (χ1n) is 40.2. The lowest BCUT2D eigenvalue weighted by molar-refractivity contribution is -0.155. The van der Waals surface area contributed by atoms with Gasteiger partial charge in [-0.2, -0.15) is 5.26 Å². The van der Waals surface area contributed by atoms with Crippen molar-refractivity contribution < 1.29 is 53.2 Å².